The third kappa shape index (κ3) is 4.08. The fourth-order valence-corrected chi connectivity index (χ4v) is 3.78. The summed E-state index contributed by atoms with van der Waals surface area (Å²) in [5, 5.41) is 3.00. The van der Waals surface area contributed by atoms with Crippen LogP contribution in [-0.2, 0) is 17.8 Å². The molecule has 1 aliphatic heterocycles. The van der Waals surface area contributed by atoms with Crippen LogP contribution in [0, 0.1) is 13.8 Å². The number of cyclic esters (lactones) is 1. The fourth-order valence-electron chi connectivity index (χ4n) is 3.78. The van der Waals surface area contributed by atoms with Crippen molar-refractivity contribution in [3.05, 3.63) is 88.7 Å². The molecule has 1 aromatic heterocycles. The Morgan fingerprint density at radius 2 is 1.80 bits per heavy atom. The zero-order valence-corrected chi connectivity index (χ0v) is 17.2. The highest BCUT2D eigenvalue weighted by atomic mass is 16.6. The Hall–Kier alpha value is -3.54. The first-order chi connectivity index (χ1) is 14.5. The number of carbonyl (C=O) groups is 2. The summed E-state index contributed by atoms with van der Waals surface area (Å²) in [5.41, 5.74) is 5.59. The highest BCUT2D eigenvalue weighted by Gasteiger charge is 2.23. The Kier molecular flexibility index (Phi) is 5.57. The molecule has 2 aromatic carbocycles. The molecule has 154 valence electrons. The zero-order valence-electron chi connectivity index (χ0n) is 17.2. The molecule has 6 nitrogen and oxygen atoms in total. The number of nitrogens with one attached hydrogen (secondary N) is 1. The predicted octanol–water partition coefficient (Wildman–Crippen LogP) is 4.04. The molecule has 2 amide bonds. The topological polar surface area (TPSA) is 63.6 Å². The van der Waals surface area contributed by atoms with Crippen molar-refractivity contribution >= 4 is 17.7 Å². The second-order valence-electron chi connectivity index (χ2n) is 7.48. The van der Waals surface area contributed by atoms with E-state index in [0.29, 0.717) is 25.3 Å². The monoisotopic (exact) mass is 403 g/mol. The van der Waals surface area contributed by atoms with Gasteiger partial charge in [-0.3, -0.25) is 9.69 Å². The second-order valence-corrected chi connectivity index (χ2v) is 7.48. The van der Waals surface area contributed by atoms with Crippen LogP contribution in [0.4, 0.5) is 10.5 Å². The van der Waals surface area contributed by atoms with Gasteiger partial charge in [0.2, 0.25) is 0 Å². The Morgan fingerprint density at radius 1 is 1.03 bits per heavy atom. The van der Waals surface area contributed by atoms with E-state index >= 15 is 0 Å². The largest absolute Gasteiger partial charge is 0.447 e. The lowest BCUT2D eigenvalue weighted by Crippen LogP contribution is -2.25. The molecule has 3 aromatic rings. The Labute approximate surface area is 176 Å². The van der Waals surface area contributed by atoms with Crippen LogP contribution in [0.5, 0.6) is 0 Å². The summed E-state index contributed by atoms with van der Waals surface area (Å²) in [7, 11) is 0. The Morgan fingerprint density at radius 3 is 2.53 bits per heavy atom. The van der Waals surface area contributed by atoms with Gasteiger partial charge < -0.3 is 14.6 Å². The van der Waals surface area contributed by atoms with Gasteiger partial charge in [-0.2, -0.15) is 0 Å². The average molecular weight is 403 g/mol. The van der Waals surface area contributed by atoms with E-state index in [1.807, 2.05) is 62.4 Å². The van der Waals surface area contributed by atoms with Gasteiger partial charge in [0, 0.05) is 30.2 Å². The van der Waals surface area contributed by atoms with Gasteiger partial charge in [-0.1, -0.05) is 42.5 Å². The quantitative estimate of drug-likeness (QED) is 0.676. The number of aromatic nitrogens is 1. The molecular weight excluding hydrogens is 378 g/mol. The molecule has 1 fully saturated rings. The molecule has 0 atom stereocenters. The van der Waals surface area contributed by atoms with E-state index in [4.69, 9.17) is 4.74 Å². The Bertz CT molecular complexity index is 1070. The lowest BCUT2D eigenvalue weighted by atomic mass is 10.1. The maximum absolute atomic E-state index is 12.8. The molecule has 0 aliphatic carbocycles. The number of rotatable bonds is 6. The van der Waals surface area contributed by atoms with Crippen molar-refractivity contribution in [2.24, 2.45) is 0 Å². The van der Waals surface area contributed by atoms with Crippen molar-refractivity contribution in [3.8, 4) is 0 Å². The highest BCUT2D eigenvalue weighted by Crippen LogP contribution is 2.21. The summed E-state index contributed by atoms with van der Waals surface area (Å²) in [4.78, 5) is 26.2. The van der Waals surface area contributed by atoms with Crippen LogP contribution < -0.4 is 10.2 Å². The van der Waals surface area contributed by atoms with Gasteiger partial charge in [-0.25, -0.2) is 4.79 Å². The standard InChI is InChI=1S/C24H25N3O3/c1-17-13-22(18(2)27(17)16-19-7-4-3-5-8-19)23(28)25-15-20-9-6-10-21(14-20)26-11-12-30-24(26)29/h3-10,13-14H,11-12,15-16H2,1-2H3,(H,25,28). The van der Waals surface area contributed by atoms with E-state index in [-0.39, 0.29) is 12.0 Å². The fraction of sp³-hybridized carbons (Fsp3) is 0.250. The molecule has 1 saturated heterocycles. The summed E-state index contributed by atoms with van der Waals surface area (Å²) in [6, 6.07) is 19.7. The van der Waals surface area contributed by atoms with Crippen LogP contribution >= 0.6 is 0 Å². The molecule has 1 aliphatic rings. The smallest absolute Gasteiger partial charge is 0.414 e. The number of carbonyl (C=O) groups excluding carboxylic acids is 2. The summed E-state index contributed by atoms with van der Waals surface area (Å²) >= 11 is 0. The maximum atomic E-state index is 12.8. The number of aryl methyl sites for hydroxylation is 1. The minimum atomic E-state index is -0.331. The van der Waals surface area contributed by atoms with Crippen molar-refractivity contribution < 1.29 is 14.3 Å². The van der Waals surface area contributed by atoms with E-state index in [9.17, 15) is 9.59 Å². The van der Waals surface area contributed by atoms with Crippen molar-refractivity contribution in [1.82, 2.24) is 9.88 Å². The van der Waals surface area contributed by atoms with Gasteiger partial charge >= 0.3 is 6.09 Å². The lowest BCUT2D eigenvalue weighted by molar-refractivity contribution is 0.0950. The summed E-state index contributed by atoms with van der Waals surface area (Å²) in [5.74, 6) is -0.103. The maximum Gasteiger partial charge on any atom is 0.414 e. The molecule has 30 heavy (non-hydrogen) atoms. The van der Waals surface area contributed by atoms with E-state index in [1.165, 1.54) is 5.56 Å². The molecule has 6 heteroatoms. The number of anilines is 1. The number of nitrogens with zero attached hydrogens (tertiary/aromatic N) is 2. The SMILES string of the molecule is Cc1cc(C(=O)NCc2cccc(N3CCOC3=O)c2)c(C)n1Cc1ccccc1. The van der Waals surface area contributed by atoms with Crippen molar-refractivity contribution in [2.75, 3.05) is 18.1 Å². The van der Waals surface area contributed by atoms with E-state index in [2.05, 4.69) is 22.0 Å². The number of amides is 2. The molecule has 2 heterocycles. The molecule has 4 rings (SSSR count). The van der Waals surface area contributed by atoms with Crippen LogP contribution in [0.2, 0.25) is 0 Å². The van der Waals surface area contributed by atoms with E-state index < -0.39 is 0 Å². The van der Waals surface area contributed by atoms with Gasteiger partial charge in [0.05, 0.1) is 12.1 Å². The molecule has 0 saturated carbocycles. The van der Waals surface area contributed by atoms with Gasteiger partial charge in [-0.15, -0.1) is 0 Å². The van der Waals surface area contributed by atoms with Crippen LogP contribution in [0.3, 0.4) is 0 Å². The summed E-state index contributed by atoms with van der Waals surface area (Å²) in [6.07, 6.45) is -0.331. The molecule has 1 N–H and O–H groups in total. The number of hydrogen-bond acceptors (Lipinski definition) is 3. The molecule has 0 radical (unpaired) electrons. The van der Waals surface area contributed by atoms with Crippen molar-refractivity contribution in [1.29, 1.82) is 0 Å². The molecule has 0 unspecified atom stereocenters. The van der Waals surface area contributed by atoms with Crippen LogP contribution in [-0.4, -0.2) is 29.7 Å². The first-order valence-electron chi connectivity index (χ1n) is 10.0. The van der Waals surface area contributed by atoms with E-state index in [1.54, 1.807) is 4.90 Å². The van der Waals surface area contributed by atoms with Crippen LogP contribution in [0.25, 0.3) is 0 Å². The normalized spacial score (nSPS) is 13.4. The summed E-state index contributed by atoms with van der Waals surface area (Å²) in [6.45, 7) is 6.06. The highest BCUT2D eigenvalue weighted by molar-refractivity contribution is 5.95. The number of ether oxygens (including phenoxy) is 1. The minimum Gasteiger partial charge on any atom is -0.447 e. The van der Waals surface area contributed by atoms with Gasteiger partial charge in [-0.05, 0) is 43.2 Å². The van der Waals surface area contributed by atoms with Crippen LogP contribution in [0.15, 0.2) is 60.7 Å². The van der Waals surface area contributed by atoms with Crippen LogP contribution in [0.1, 0.15) is 32.9 Å². The third-order valence-electron chi connectivity index (χ3n) is 5.44. The third-order valence-corrected chi connectivity index (χ3v) is 5.44. The predicted molar refractivity (Wildman–Crippen MR) is 116 cm³/mol. The van der Waals surface area contributed by atoms with Gasteiger partial charge in [0.1, 0.15) is 6.61 Å². The van der Waals surface area contributed by atoms with Crippen molar-refractivity contribution in [2.45, 2.75) is 26.9 Å². The average Bonchev–Trinajstić information content (AvgIpc) is 3.31. The second kappa shape index (κ2) is 8.45. The zero-order chi connectivity index (χ0) is 21.1. The molecule has 0 spiro atoms. The van der Waals surface area contributed by atoms with E-state index in [0.717, 1.165) is 29.2 Å². The van der Waals surface area contributed by atoms with Gasteiger partial charge in [0.15, 0.2) is 0 Å². The Balaban J connectivity index is 1.45. The van der Waals surface area contributed by atoms with Gasteiger partial charge in [0.25, 0.3) is 5.91 Å². The first-order valence-corrected chi connectivity index (χ1v) is 10.0. The molecule has 0 bridgehead atoms. The number of benzene rings is 2. The summed E-state index contributed by atoms with van der Waals surface area (Å²) < 4.78 is 7.16. The lowest BCUT2D eigenvalue weighted by Gasteiger charge is -2.14. The van der Waals surface area contributed by atoms with Crippen molar-refractivity contribution in [3.63, 3.8) is 0 Å². The number of hydrogen-bond donors (Lipinski definition) is 1. The minimum absolute atomic E-state index is 0.103. The first kappa shape index (κ1) is 19.8. The molecular formula is C24H25N3O3.